The van der Waals surface area contributed by atoms with Crippen LogP contribution in [0.25, 0.3) is 0 Å². The Hall–Kier alpha value is -0.710. The number of carbonyl (C=O) groups is 1. The standard InChI is InChI=1S/C14H10Cl2O3.Na.H/c15-10-5-6-13(11(16)8-10)19-12-4-2-1-3-9(12)7-14(17)18;;/h1-6,8H,7H2,(H,17,18);;/q;+1;-1. The van der Waals surface area contributed by atoms with E-state index in [1.165, 1.54) is 0 Å². The van der Waals surface area contributed by atoms with Crippen molar-refractivity contribution in [2.24, 2.45) is 0 Å². The Balaban J connectivity index is 0.00000200. The van der Waals surface area contributed by atoms with Crippen LogP contribution in [0.3, 0.4) is 0 Å². The van der Waals surface area contributed by atoms with Crippen LogP contribution in [-0.4, -0.2) is 11.1 Å². The Morgan fingerprint density at radius 3 is 2.50 bits per heavy atom. The van der Waals surface area contributed by atoms with Crippen LogP contribution in [0.4, 0.5) is 0 Å². The predicted molar refractivity (Wildman–Crippen MR) is 75.4 cm³/mol. The van der Waals surface area contributed by atoms with Crippen LogP contribution >= 0.6 is 23.2 Å². The molecule has 1 N–H and O–H groups in total. The summed E-state index contributed by atoms with van der Waals surface area (Å²) in [7, 11) is 0. The second-order valence-electron chi connectivity index (χ2n) is 3.86. The molecule has 2 rings (SSSR count). The quantitative estimate of drug-likeness (QED) is 0.869. The fraction of sp³-hybridized carbons (Fsp3) is 0.0714. The largest absolute Gasteiger partial charge is 1.00 e. The van der Waals surface area contributed by atoms with Crippen molar-refractivity contribution in [1.29, 1.82) is 0 Å². The Labute approximate surface area is 150 Å². The number of hydrogen-bond acceptors (Lipinski definition) is 2. The Kier molecular flexibility index (Phi) is 6.86. The fourth-order valence-electron chi connectivity index (χ4n) is 1.59. The zero-order chi connectivity index (χ0) is 13.8. The summed E-state index contributed by atoms with van der Waals surface area (Å²) in [6, 6.07) is 11.8. The van der Waals surface area contributed by atoms with Gasteiger partial charge in [-0.2, -0.15) is 0 Å². The molecule has 0 aliphatic heterocycles. The van der Waals surface area contributed by atoms with Crippen molar-refractivity contribution in [2.45, 2.75) is 6.42 Å². The molecular formula is C14H11Cl2NaO3. The molecule has 0 saturated heterocycles. The second-order valence-corrected chi connectivity index (χ2v) is 4.70. The van der Waals surface area contributed by atoms with Crippen LogP contribution in [0.15, 0.2) is 42.5 Å². The molecule has 0 spiro atoms. The maximum atomic E-state index is 10.8. The number of rotatable bonds is 4. The van der Waals surface area contributed by atoms with Crippen LogP contribution in [-0.2, 0) is 11.2 Å². The smallest absolute Gasteiger partial charge is 1.00 e. The van der Waals surface area contributed by atoms with Gasteiger partial charge in [0.25, 0.3) is 0 Å². The van der Waals surface area contributed by atoms with Crippen molar-refractivity contribution < 1.29 is 45.6 Å². The van der Waals surface area contributed by atoms with Crippen molar-refractivity contribution in [3.63, 3.8) is 0 Å². The van der Waals surface area contributed by atoms with E-state index < -0.39 is 5.97 Å². The molecule has 2 aromatic rings. The molecule has 0 heterocycles. The van der Waals surface area contributed by atoms with Crippen molar-refractivity contribution >= 4 is 29.2 Å². The molecule has 6 heteroatoms. The third kappa shape index (κ3) is 4.69. The molecule has 0 amide bonds. The van der Waals surface area contributed by atoms with Gasteiger partial charge in [-0.05, 0) is 24.3 Å². The molecule has 0 aliphatic rings. The zero-order valence-electron chi connectivity index (χ0n) is 11.8. The number of ether oxygens (including phenoxy) is 1. The van der Waals surface area contributed by atoms with E-state index in [2.05, 4.69) is 0 Å². The number of benzene rings is 2. The van der Waals surface area contributed by atoms with Gasteiger partial charge < -0.3 is 11.3 Å². The number of hydrogen-bond donors (Lipinski definition) is 1. The van der Waals surface area contributed by atoms with E-state index in [-0.39, 0.29) is 37.4 Å². The first kappa shape index (κ1) is 17.3. The van der Waals surface area contributed by atoms with Gasteiger partial charge in [0.15, 0.2) is 0 Å². The maximum Gasteiger partial charge on any atom is 1.00 e. The van der Waals surface area contributed by atoms with Gasteiger partial charge in [0.1, 0.15) is 11.5 Å². The number of carboxylic acids is 1. The van der Waals surface area contributed by atoms with E-state index in [9.17, 15) is 4.79 Å². The summed E-state index contributed by atoms with van der Waals surface area (Å²) in [6.07, 6.45) is -0.110. The van der Waals surface area contributed by atoms with Crippen molar-refractivity contribution in [1.82, 2.24) is 0 Å². The fourth-order valence-corrected chi connectivity index (χ4v) is 2.04. The summed E-state index contributed by atoms with van der Waals surface area (Å²) in [5, 5.41) is 9.73. The van der Waals surface area contributed by atoms with Crippen LogP contribution in [0.1, 0.15) is 6.99 Å². The molecule has 0 fully saturated rings. The van der Waals surface area contributed by atoms with Gasteiger partial charge in [0, 0.05) is 10.6 Å². The number of para-hydroxylation sites is 1. The van der Waals surface area contributed by atoms with Gasteiger partial charge in [-0.15, -0.1) is 0 Å². The number of carboxylic acid groups (broad SMARTS) is 1. The third-order valence-corrected chi connectivity index (χ3v) is 2.96. The number of halogens is 2. The minimum Gasteiger partial charge on any atom is -1.00 e. The average molecular weight is 321 g/mol. The van der Waals surface area contributed by atoms with Crippen molar-refractivity contribution in [2.75, 3.05) is 0 Å². The summed E-state index contributed by atoms with van der Waals surface area (Å²) in [4.78, 5) is 10.8. The molecule has 3 nitrogen and oxygen atoms in total. The molecule has 20 heavy (non-hydrogen) atoms. The monoisotopic (exact) mass is 320 g/mol. The van der Waals surface area contributed by atoms with E-state index >= 15 is 0 Å². The van der Waals surface area contributed by atoms with E-state index in [4.69, 9.17) is 33.0 Å². The minimum absolute atomic E-state index is 0. The molecule has 0 bridgehead atoms. The van der Waals surface area contributed by atoms with Crippen LogP contribution in [0, 0.1) is 0 Å². The van der Waals surface area contributed by atoms with Crippen LogP contribution in [0.2, 0.25) is 10.0 Å². The number of aliphatic carboxylic acids is 1. The molecule has 2 aromatic carbocycles. The topological polar surface area (TPSA) is 46.5 Å². The SMILES string of the molecule is O=C(O)Cc1ccccc1Oc1ccc(Cl)cc1Cl.[H-].[Na+]. The second kappa shape index (κ2) is 7.91. The first-order valence-electron chi connectivity index (χ1n) is 5.49. The summed E-state index contributed by atoms with van der Waals surface area (Å²) in [5.74, 6) is -0.0173. The normalized spacial score (nSPS) is 9.70. The third-order valence-electron chi connectivity index (χ3n) is 2.43. The minimum atomic E-state index is -0.918. The first-order chi connectivity index (χ1) is 9.06. The van der Waals surface area contributed by atoms with E-state index in [1.54, 1.807) is 42.5 Å². The van der Waals surface area contributed by atoms with Gasteiger partial charge in [-0.1, -0.05) is 41.4 Å². The Bertz CT molecular complexity index is 623. The molecule has 0 radical (unpaired) electrons. The van der Waals surface area contributed by atoms with E-state index in [0.29, 0.717) is 27.1 Å². The van der Waals surface area contributed by atoms with Gasteiger partial charge in [-0.3, -0.25) is 4.79 Å². The first-order valence-corrected chi connectivity index (χ1v) is 6.24. The molecular weight excluding hydrogens is 310 g/mol. The summed E-state index contributed by atoms with van der Waals surface area (Å²) < 4.78 is 5.64. The Morgan fingerprint density at radius 2 is 1.85 bits per heavy atom. The van der Waals surface area contributed by atoms with Crippen LogP contribution in [0.5, 0.6) is 11.5 Å². The molecule has 0 unspecified atom stereocenters. The molecule has 0 aromatic heterocycles. The van der Waals surface area contributed by atoms with Crippen molar-refractivity contribution in [3.05, 3.63) is 58.1 Å². The van der Waals surface area contributed by atoms with E-state index in [1.807, 2.05) is 0 Å². The van der Waals surface area contributed by atoms with Gasteiger partial charge in [-0.25, -0.2) is 0 Å². The predicted octanol–water partition coefficient (Wildman–Crippen LogP) is 1.53. The summed E-state index contributed by atoms with van der Waals surface area (Å²) >= 11 is 11.8. The summed E-state index contributed by atoms with van der Waals surface area (Å²) in [6.45, 7) is 0. The van der Waals surface area contributed by atoms with E-state index in [0.717, 1.165) is 0 Å². The molecule has 0 saturated carbocycles. The maximum absolute atomic E-state index is 10.8. The van der Waals surface area contributed by atoms with Crippen LogP contribution < -0.4 is 34.3 Å². The van der Waals surface area contributed by atoms with Gasteiger partial charge in [0.2, 0.25) is 0 Å². The molecule has 100 valence electrons. The summed E-state index contributed by atoms with van der Waals surface area (Å²) in [5.41, 5.74) is 0.584. The zero-order valence-corrected chi connectivity index (χ0v) is 14.3. The Morgan fingerprint density at radius 1 is 1.15 bits per heavy atom. The average Bonchev–Trinajstić information content (AvgIpc) is 2.34. The van der Waals surface area contributed by atoms with Gasteiger partial charge in [0.05, 0.1) is 11.4 Å². The molecule has 0 aliphatic carbocycles. The molecule has 0 atom stereocenters. The van der Waals surface area contributed by atoms with Gasteiger partial charge >= 0.3 is 35.5 Å². The van der Waals surface area contributed by atoms with Crippen molar-refractivity contribution in [3.8, 4) is 11.5 Å².